The lowest BCUT2D eigenvalue weighted by molar-refractivity contribution is -0.133. The van der Waals surface area contributed by atoms with Crippen LogP contribution < -0.4 is 5.32 Å². The summed E-state index contributed by atoms with van der Waals surface area (Å²) in [6.45, 7) is 10.3. The zero-order valence-corrected chi connectivity index (χ0v) is 16.3. The van der Waals surface area contributed by atoms with Gasteiger partial charge in [-0.3, -0.25) is 4.79 Å². The summed E-state index contributed by atoms with van der Waals surface area (Å²) in [6.07, 6.45) is 0.432. The number of rotatable bonds is 7. The fourth-order valence-electron chi connectivity index (χ4n) is 2.57. The Morgan fingerprint density at radius 1 is 1.27 bits per heavy atom. The summed E-state index contributed by atoms with van der Waals surface area (Å²) in [5, 5.41) is 11.5. The average Bonchev–Trinajstić information content (AvgIpc) is 2.57. The summed E-state index contributed by atoms with van der Waals surface area (Å²) in [5.41, 5.74) is 1.06. The molecule has 0 heterocycles. The molecular weight excluding hydrogens is 330 g/mol. The molecule has 1 N–H and O–H groups in total. The van der Waals surface area contributed by atoms with Crippen molar-refractivity contribution in [1.82, 2.24) is 10.2 Å². The van der Waals surface area contributed by atoms with Gasteiger partial charge in [0.25, 0.3) is 0 Å². The molecule has 0 fully saturated rings. The highest BCUT2D eigenvalue weighted by molar-refractivity contribution is 5.76. The monoisotopic (exact) mass is 359 g/mol. The molecule has 0 radical (unpaired) electrons. The molecule has 1 aromatic rings. The third-order valence-corrected chi connectivity index (χ3v) is 3.89. The van der Waals surface area contributed by atoms with Crippen LogP contribution in [-0.2, 0) is 9.53 Å². The van der Waals surface area contributed by atoms with Crippen molar-refractivity contribution in [3.05, 3.63) is 35.4 Å². The molecule has 0 aromatic heterocycles. The van der Waals surface area contributed by atoms with Crippen LogP contribution in [0.4, 0.5) is 4.79 Å². The molecular formula is C20H29N3O3. The first-order valence-electron chi connectivity index (χ1n) is 8.94. The zero-order valence-electron chi connectivity index (χ0n) is 16.3. The summed E-state index contributed by atoms with van der Waals surface area (Å²) < 4.78 is 5.16. The molecule has 2 amide bonds. The smallest absolute Gasteiger partial charge is 0.407 e. The number of nitriles is 1. The minimum absolute atomic E-state index is 0.0374. The number of carbonyl (C=O) groups excluding carboxylic acids is 2. The molecule has 0 spiro atoms. The Bertz CT molecular complexity index is 642. The molecule has 6 heteroatoms. The number of hydrogen-bond acceptors (Lipinski definition) is 4. The summed E-state index contributed by atoms with van der Waals surface area (Å²) in [7, 11) is 0. The SMILES string of the molecule is CCN(C(=O)CCCNC(=O)OC(C)(C)C)C(C)c1ccc(C#N)cc1. The van der Waals surface area contributed by atoms with E-state index in [0.717, 1.165) is 5.56 Å². The lowest BCUT2D eigenvalue weighted by Gasteiger charge is -2.28. The van der Waals surface area contributed by atoms with Crippen LogP contribution >= 0.6 is 0 Å². The van der Waals surface area contributed by atoms with Gasteiger partial charge in [0.1, 0.15) is 5.60 Å². The number of alkyl carbamates (subject to hydrolysis) is 1. The highest BCUT2D eigenvalue weighted by atomic mass is 16.6. The summed E-state index contributed by atoms with van der Waals surface area (Å²) in [6, 6.07) is 9.29. The van der Waals surface area contributed by atoms with Crippen molar-refractivity contribution in [3.8, 4) is 6.07 Å². The zero-order chi connectivity index (χ0) is 19.7. The number of nitrogens with one attached hydrogen (secondary N) is 1. The van der Waals surface area contributed by atoms with Gasteiger partial charge in [0.2, 0.25) is 5.91 Å². The van der Waals surface area contributed by atoms with Crippen molar-refractivity contribution in [1.29, 1.82) is 5.26 Å². The van der Waals surface area contributed by atoms with Crippen LogP contribution in [0.5, 0.6) is 0 Å². The predicted octanol–water partition coefficient (Wildman–Crippen LogP) is 3.77. The van der Waals surface area contributed by atoms with Crippen molar-refractivity contribution < 1.29 is 14.3 Å². The van der Waals surface area contributed by atoms with Gasteiger partial charge in [-0.25, -0.2) is 4.79 Å². The second-order valence-electron chi connectivity index (χ2n) is 7.12. The second kappa shape index (κ2) is 9.81. The third-order valence-electron chi connectivity index (χ3n) is 3.89. The largest absolute Gasteiger partial charge is 0.444 e. The molecule has 0 aliphatic heterocycles. The Labute approximate surface area is 156 Å². The van der Waals surface area contributed by atoms with Crippen LogP contribution in [0.1, 0.15) is 64.6 Å². The molecule has 0 saturated heterocycles. The van der Waals surface area contributed by atoms with Crippen molar-refractivity contribution in [3.63, 3.8) is 0 Å². The van der Waals surface area contributed by atoms with Crippen molar-refractivity contribution in [2.75, 3.05) is 13.1 Å². The van der Waals surface area contributed by atoms with E-state index in [4.69, 9.17) is 10.00 Å². The minimum atomic E-state index is -0.532. The van der Waals surface area contributed by atoms with Gasteiger partial charge in [-0.15, -0.1) is 0 Å². The van der Waals surface area contributed by atoms with Crippen molar-refractivity contribution >= 4 is 12.0 Å². The Morgan fingerprint density at radius 2 is 1.88 bits per heavy atom. The molecule has 0 saturated carbocycles. The maximum Gasteiger partial charge on any atom is 0.407 e. The van der Waals surface area contributed by atoms with E-state index in [0.29, 0.717) is 31.5 Å². The van der Waals surface area contributed by atoms with Gasteiger partial charge in [0, 0.05) is 19.5 Å². The number of carbonyl (C=O) groups is 2. The molecule has 1 unspecified atom stereocenters. The molecule has 0 aliphatic rings. The first kappa shape index (κ1) is 21.5. The quantitative estimate of drug-likeness (QED) is 0.751. The van der Waals surface area contributed by atoms with Gasteiger partial charge >= 0.3 is 6.09 Å². The highest BCUT2D eigenvalue weighted by Crippen LogP contribution is 2.21. The number of hydrogen-bond donors (Lipinski definition) is 1. The number of ether oxygens (including phenoxy) is 1. The van der Waals surface area contributed by atoms with Crippen molar-refractivity contribution in [2.45, 2.75) is 59.1 Å². The average molecular weight is 359 g/mol. The Kier molecular flexibility index (Phi) is 8.11. The third kappa shape index (κ3) is 7.14. The highest BCUT2D eigenvalue weighted by Gasteiger charge is 2.20. The molecule has 0 bridgehead atoms. The predicted molar refractivity (Wildman–Crippen MR) is 100 cm³/mol. The first-order valence-corrected chi connectivity index (χ1v) is 8.94. The molecule has 1 aromatic carbocycles. The fourth-order valence-corrected chi connectivity index (χ4v) is 2.57. The van der Waals surface area contributed by atoms with E-state index in [1.807, 2.05) is 26.0 Å². The normalized spacial score (nSPS) is 12.0. The van der Waals surface area contributed by atoms with Crippen molar-refractivity contribution in [2.24, 2.45) is 0 Å². The molecule has 1 atom stereocenters. The topological polar surface area (TPSA) is 82.4 Å². The van der Waals surface area contributed by atoms with Gasteiger partial charge in [-0.1, -0.05) is 12.1 Å². The maximum atomic E-state index is 12.5. The van der Waals surface area contributed by atoms with Gasteiger partial charge < -0.3 is 15.0 Å². The van der Waals surface area contributed by atoms with E-state index in [1.165, 1.54) is 0 Å². The molecule has 142 valence electrons. The van der Waals surface area contributed by atoms with E-state index in [9.17, 15) is 9.59 Å². The van der Waals surface area contributed by atoms with E-state index in [-0.39, 0.29) is 11.9 Å². The first-order chi connectivity index (χ1) is 12.2. The Morgan fingerprint density at radius 3 is 2.38 bits per heavy atom. The molecule has 0 aliphatic carbocycles. The Hall–Kier alpha value is -2.55. The number of amides is 2. The van der Waals surface area contributed by atoms with E-state index >= 15 is 0 Å². The summed E-state index contributed by atoms with van der Waals surface area (Å²) in [5.74, 6) is 0.0374. The summed E-state index contributed by atoms with van der Waals surface area (Å²) in [4.78, 5) is 25.9. The van der Waals surface area contributed by atoms with Crippen LogP contribution in [-0.4, -0.2) is 35.6 Å². The van der Waals surface area contributed by atoms with E-state index < -0.39 is 11.7 Å². The summed E-state index contributed by atoms with van der Waals surface area (Å²) >= 11 is 0. The second-order valence-corrected chi connectivity index (χ2v) is 7.12. The van der Waals surface area contributed by atoms with Gasteiger partial charge in [0.05, 0.1) is 17.7 Å². The molecule has 26 heavy (non-hydrogen) atoms. The number of benzene rings is 1. The van der Waals surface area contributed by atoms with Crippen LogP contribution in [0.2, 0.25) is 0 Å². The van der Waals surface area contributed by atoms with E-state index in [1.54, 1.807) is 37.8 Å². The van der Waals surface area contributed by atoms with E-state index in [2.05, 4.69) is 11.4 Å². The Balaban J connectivity index is 2.50. The minimum Gasteiger partial charge on any atom is -0.444 e. The van der Waals surface area contributed by atoms with Crippen LogP contribution in [0.25, 0.3) is 0 Å². The van der Waals surface area contributed by atoms with Gasteiger partial charge in [-0.2, -0.15) is 5.26 Å². The van der Waals surface area contributed by atoms with Crippen LogP contribution in [0.3, 0.4) is 0 Å². The van der Waals surface area contributed by atoms with Crippen LogP contribution in [0.15, 0.2) is 24.3 Å². The maximum absolute atomic E-state index is 12.5. The van der Waals surface area contributed by atoms with Gasteiger partial charge in [0.15, 0.2) is 0 Å². The lowest BCUT2D eigenvalue weighted by Crippen LogP contribution is -2.35. The standard InChI is InChI=1S/C20H29N3O3/c1-6-23(15(2)17-11-9-16(14-21)10-12-17)18(24)8-7-13-22-19(25)26-20(3,4)5/h9-12,15H,6-8,13H2,1-5H3,(H,22,25). The van der Waals surface area contributed by atoms with Gasteiger partial charge in [-0.05, 0) is 58.7 Å². The number of nitrogens with zero attached hydrogens (tertiary/aromatic N) is 2. The fraction of sp³-hybridized carbons (Fsp3) is 0.550. The lowest BCUT2D eigenvalue weighted by atomic mass is 10.0. The molecule has 1 rings (SSSR count). The molecule has 6 nitrogen and oxygen atoms in total. The van der Waals surface area contributed by atoms with Crippen LogP contribution in [0, 0.1) is 11.3 Å².